The predicted molar refractivity (Wildman–Crippen MR) is 83.5 cm³/mol. The van der Waals surface area contributed by atoms with Crippen molar-refractivity contribution in [1.82, 2.24) is 0 Å². The summed E-state index contributed by atoms with van der Waals surface area (Å²) in [6.45, 7) is 0. The van der Waals surface area contributed by atoms with Crippen molar-refractivity contribution in [1.29, 1.82) is 0 Å². The maximum Gasteiger partial charge on any atom is 0.216 e. The fraction of sp³-hybridized carbons (Fsp3) is 0.0769. The van der Waals surface area contributed by atoms with Crippen LogP contribution in [0, 0.1) is 0 Å². The molecule has 0 aromatic heterocycles. The van der Waals surface area contributed by atoms with Crippen molar-refractivity contribution in [3.05, 3.63) is 54.1 Å². The van der Waals surface area contributed by atoms with Crippen molar-refractivity contribution in [2.24, 2.45) is 0 Å². The number of hydrogen-bond acceptors (Lipinski definition) is 2. The molecule has 2 rings (SSSR count). The Morgan fingerprint density at radius 1 is 0.947 bits per heavy atom. The molecular weight excluding hydrogens is 392 g/mol. The molecule has 0 amide bonds. The minimum absolute atomic E-state index is 0. The first-order valence-electron chi connectivity index (χ1n) is 5.10. The molecule has 0 nitrogen and oxygen atoms in total. The van der Waals surface area contributed by atoms with Crippen molar-refractivity contribution < 1.29 is 19.5 Å². The smallest absolute Gasteiger partial charge is 0.142 e. The number of thiol groups is 1. The van der Waals surface area contributed by atoms with E-state index in [4.69, 9.17) is 34.8 Å². The molecule has 19 heavy (non-hydrogen) atoms. The standard InChI is InChI=1S/C13H9Cl3S2.Zn/c14-13(15,16)9-6-7-11(17)12(8-9)18-10-4-2-1-3-5-10;/h1-8,17H;. The summed E-state index contributed by atoms with van der Waals surface area (Å²) < 4.78 is -1.41. The Balaban J connectivity index is 0.00000180. The molecule has 0 fully saturated rings. The van der Waals surface area contributed by atoms with Crippen LogP contribution in [0.1, 0.15) is 5.56 Å². The normalized spacial score (nSPS) is 10.9. The van der Waals surface area contributed by atoms with Crippen LogP contribution in [0.3, 0.4) is 0 Å². The van der Waals surface area contributed by atoms with Gasteiger partial charge in [-0.15, -0.1) is 12.6 Å². The Bertz CT molecular complexity index is 541. The quantitative estimate of drug-likeness (QED) is 0.369. The van der Waals surface area contributed by atoms with E-state index >= 15 is 0 Å². The summed E-state index contributed by atoms with van der Waals surface area (Å²) in [7, 11) is 0. The van der Waals surface area contributed by atoms with Gasteiger partial charge in [-0.2, -0.15) is 0 Å². The molecule has 0 unspecified atom stereocenters. The topological polar surface area (TPSA) is 0 Å². The van der Waals surface area contributed by atoms with Crippen molar-refractivity contribution >= 4 is 59.2 Å². The summed E-state index contributed by atoms with van der Waals surface area (Å²) in [4.78, 5) is 2.95. The Morgan fingerprint density at radius 3 is 2.16 bits per heavy atom. The zero-order valence-corrected chi connectivity index (χ0v) is 16.8. The van der Waals surface area contributed by atoms with Crippen molar-refractivity contribution in [2.75, 3.05) is 0 Å². The van der Waals surface area contributed by atoms with Gasteiger partial charge in [0.2, 0.25) is 3.79 Å². The van der Waals surface area contributed by atoms with Gasteiger partial charge in [-0.3, -0.25) is 0 Å². The number of rotatable bonds is 2. The fourth-order valence-electron chi connectivity index (χ4n) is 1.39. The second kappa shape index (κ2) is 7.59. The van der Waals surface area contributed by atoms with Gasteiger partial charge in [-0.25, -0.2) is 0 Å². The molecule has 2 aromatic rings. The van der Waals surface area contributed by atoms with Gasteiger partial charge in [0.1, 0.15) is 0 Å². The molecule has 0 aliphatic carbocycles. The first kappa shape index (κ1) is 17.7. The zero-order chi connectivity index (χ0) is 13.2. The van der Waals surface area contributed by atoms with E-state index in [2.05, 4.69) is 12.6 Å². The van der Waals surface area contributed by atoms with E-state index in [0.29, 0.717) is 5.56 Å². The van der Waals surface area contributed by atoms with Crippen molar-refractivity contribution in [3.8, 4) is 0 Å². The van der Waals surface area contributed by atoms with E-state index in [1.165, 1.54) is 0 Å². The SMILES string of the molecule is Sc1ccc(C(Cl)(Cl)Cl)cc1Sc1ccccc1.[Zn]. The summed E-state index contributed by atoms with van der Waals surface area (Å²) in [5.74, 6) is 0. The van der Waals surface area contributed by atoms with Crippen LogP contribution in [0.2, 0.25) is 0 Å². The zero-order valence-electron chi connectivity index (χ0n) is 9.82. The van der Waals surface area contributed by atoms with Crippen LogP contribution in [-0.4, -0.2) is 0 Å². The number of halogens is 3. The van der Waals surface area contributed by atoms with Gasteiger partial charge in [0.25, 0.3) is 0 Å². The molecule has 6 heteroatoms. The molecule has 0 saturated heterocycles. The second-order valence-electron chi connectivity index (χ2n) is 3.60. The Morgan fingerprint density at radius 2 is 1.58 bits per heavy atom. The molecule has 0 heterocycles. The summed E-state index contributed by atoms with van der Waals surface area (Å²) in [5, 5.41) is 0. The Labute approximate surface area is 150 Å². The van der Waals surface area contributed by atoms with Crippen LogP contribution in [-0.2, 0) is 23.3 Å². The molecule has 0 atom stereocenters. The molecule has 0 N–H and O–H groups in total. The van der Waals surface area contributed by atoms with Gasteiger partial charge < -0.3 is 0 Å². The van der Waals surface area contributed by atoms with Crippen LogP contribution in [0.15, 0.2) is 63.2 Å². The maximum atomic E-state index is 5.88. The molecule has 0 aliphatic heterocycles. The molecular formula is C13H9Cl3S2Zn. The van der Waals surface area contributed by atoms with E-state index in [1.54, 1.807) is 17.8 Å². The van der Waals surface area contributed by atoms with Gasteiger partial charge >= 0.3 is 0 Å². The maximum absolute atomic E-state index is 5.88. The van der Waals surface area contributed by atoms with E-state index in [1.807, 2.05) is 42.5 Å². The van der Waals surface area contributed by atoms with Crippen LogP contribution in [0.5, 0.6) is 0 Å². The average molecular weight is 401 g/mol. The number of alkyl halides is 3. The average Bonchev–Trinajstić information content (AvgIpc) is 2.32. The third kappa shape index (κ3) is 5.15. The fourth-order valence-corrected chi connectivity index (χ4v) is 2.92. The Kier molecular flexibility index (Phi) is 7.06. The third-order valence-electron chi connectivity index (χ3n) is 2.26. The van der Waals surface area contributed by atoms with Gasteiger partial charge in [0, 0.05) is 39.7 Å². The minimum atomic E-state index is -1.41. The largest absolute Gasteiger partial charge is 0.216 e. The van der Waals surface area contributed by atoms with E-state index in [0.717, 1.165) is 14.7 Å². The second-order valence-corrected chi connectivity index (χ2v) is 7.47. The summed E-state index contributed by atoms with van der Waals surface area (Å²) >= 11 is 23.7. The molecule has 0 bridgehead atoms. The molecule has 96 valence electrons. The van der Waals surface area contributed by atoms with E-state index in [9.17, 15) is 0 Å². The van der Waals surface area contributed by atoms with Gasteiger partial charge in [-0.05, 0) is 24.3 Å². The predicted octanol–water partition coefficient (Wildman–Crippen LogP) is 5.95. The minimum Gasteiger partial charge on any atom is -0.142 e. The first-order valence-corrected chi connectivity index (χ1v) is 7.50. The summed E-state index contributed by atoms with van der Waals surface area (Å²) in [6, 6.07) is 15.5. The van der Waals surface area contributed by atoms with Gasteiger partial charge in [0.15, 0.2) is 0 Å². The van der Waals surface area contributed by atoms with Crippen LogP contribution < -0.4 is 0 Å². The van der Waals surface area contributed by atoms with Crippen LogP contribution in [0.4, 0.5) is 0 Å². The first-order chi connectivity index (χ1) is 8.47. The molecule has 0 saturated carbocycles. The molecule has 0 spiro atoms. The van der Waals surface area contributed by atoms with Crippen molar-refractivity contribution in [3.63, 3.8) is 0 Å². The molecule has 0 aliphatic rings. The van der Waals surface area contributed by atoms with Gasteiger partial charge in [-0.1, -0.05) is 70.8 Å². The monoisotopic (exact) mass is 398 g/mol. The summed E-state index contributed by atoms with van der Waals surface area (Å²) in [6.07, 6.45) is 0. The molecule has 0 radical (unpaired) electrons. The Hall–Kier alpha value is 0.633. The van der Waals surface area contributed by atoms with E-state index in [-0.39, 0.29) is 19.5 Å². The van der Waals surface area contributed by atoms with Crippen LogP contribution in [0.25, 0.3) is 0 Å². The number of hydrogen-bond donors (Lipinski definition) is 1. The molecule has 2 aromatic carbocycles. The van der Waals surface area contributed by atoms with Crippen molar-refractivity contribution in [2.45, 2.75) is 18.5 Å². The summed E-state index contributed by atoms with van der Waals surface area (Å²) in [5.41, 5.74) is 0.642. The van der Waals surface area contributed by atoms with Gasteiger partial charge in [0.05, 0.1) is 0 Å². The third-order valence-corrected chi connectivity index (χ3v) is 4.52. The van der Waals surface area contributed by atoms with E-state index < -0.39 is 3.79 Å². The van der Waals surface area contributed by atoms with Crippen LogP contribution >= 0.6 is 59.2 Å². The number of benzene rings is 2.